The summed E-state index contributed by atoms with van der Waals surface area (Å²) in [7, 11) is 0. The summed E-state index contributed by atoms with van der Waals surface area (Å²) in [6, 6.07) is 10.7. The minimum absolute atomic E-state index is 0.0410. The molecule has 0 aliphatic rings. The average molecular weight is 404 g/mol. The quantitative estimate of drug-likeness (QED) is 0.690. The van der Waals surface area contributed by atoms with Crippen LogP contribution in [0.5, 0.6) is 0 Å². The second-order valence-corrected chi connectivity index (χ2v) is 7.02. The molecule has 0 atom stereocenters. The van der Waals surface area contributed by atoms with E-state index in [0.29, 0.717) is 11.4 Å². The molecule has 0 heterocycles. The molecule has 2 rings (SSSR count). The highest BCUT2D eigenvalue weighted by atomic mass is 32.2. The Balaban J connectivity index is 1.66. The number of hydrogen-bond acceptors (Lipinski definition) is 5. The Morgan fingerprint density at radius 2 is 1.79 bits per heavy atom. The molecule has 2 aromatic rings. The number of urea groups is 1. The molecule has 0 aliphatic heterocycles. The minimum Gasteiger partial charge on any atom is -0.455 e. The van der Waals surface area contributed by atoms with Crippen LogP contribution >= 0.6 is 11.8 Å². The van der Waals surface area contributed by atoms with Gasteiger partial charge in [0.15, 0.2) is 6.61 Å². The lowest BCUT2D eigenvalue weighted by Gasteiger charge is -2.11. The third kappa shape index (κ3) is 7.03. The number of carbonyl (C=O) groups is 3. The van der Waals surface area contributed by atoms with Gasteiger partial charge in [0.25, 0.3) is 5.91 Å². The Labute approximate surface area is 166 Å². The molecule has 2 N–H and O–H groups in total. The standard InChI is InChI=1S/C20H21FN2O4S/c1-13-4-3-5-17(14(13)2)22-20(26)23-18(24)10-27-19(25)12-28-11-15-6-8-16(21)9-7-15/h3-9H,10-12H2,1-2H3,(H2,22,23,24,26). The number of nitrogens with one attached hydrogen (secondary N) is 2. The van der Waals surface area contributed by atoms with Crippen LogP contribution in [0.3, 0.4) is 0 Å². The fraction of sp³-hybridized carbons (Fsp3) is 0.250. The molecule has 0 saturated heterocycles. The largest absolute Gasteiger partial charge is 0.455 e. The summed E-state index contributed by atoms with van der Waals surface area (Å²) in [6.45, 7) is 3.23. The van der Waals surface area contributed by atoms with Crippen molar-refractivity contribution in [2.75, 3.05) is 17.7 Å². The number of imide groups is 1. The zero-order valence-corrected chi connectivity index (χ0v) is 16.4. The molecule has 0 unspecified atom stereocenters. The van der Waals surface area contributed by atoms with Crippen LogP contribution < -0.4 is 10.6 Å². The van der Waals surface area contributed by atoms with Crippen LogP contribution in [-0.2, 0) is 20.1 Å². The number of halogens is 1. The van der Waals surface area contributed by atoms with Crippen LogP contribution in [-0.4, -0.2) is 30.3 Å². The Hall–Kier alpha value is -2.87. The summed E-state index contributed by atoms with van der Waals surface area (Å²) in [5.74, 6) is -1.06. The van der Waals surface area contributed by atoms with Crippen LogP contribution in [0.1, 0.15) is 16.7 Å². The van der Waals surface area contributed by atoms with Gasteiger partial charge in [0.05, 0.1) is 5.75 Å². The molecule has 0 bridgehead atoms. The van der Waals surface area contributed by atoms with E-state index in [4.69, 9.17) is 4.74 Å². The van der Waals surface area contributed by atoms with Gasteiger partial charge in [-0.15, -0.1) is 11.8 Å². The van der Waals surface area contributed by atoms with Gasteiger partial charge in [-0.2, -0.15) is 0 Å². The highest BCUT2D eigenvalue weighted by molar-refractivity contribution is 7.99. The van der Waals surface area contributed by atoms with Gasteiger partial charge in [-0.05, 0) is 48.7 Å². The average Bonchev–Trinajstić information content (AvgIpc) is 2.65. The smallest absolute Gasteiger partial charge is 0.325 e. The number of rotatable bonds is 7. The molecule has 8 heteroatoms. The molecule has 0 spiro atoms. The van der Waals surface area contributed by atoms with Gasteiger partial charge in [-0.1, -0.05) is 24.3 Å². The van der Waals surface area contributed by atoms with E-state index in [1.165, 1.54) is 23.9 Å². The maximum Gasteiger partial charge on any atom is 0.325 e. The molecule has 0 radical (unpaired) electrons. The summed E-state index contributed by atoms with van der Waals surface area (Å²) in [4.78, 5) is 35.3. The maximum atomic E-state index is 12.8. The zero-order valence-electron chi connectivity index (χ0n) is 15.6. The summed E-state index contributed by atoms with van der Waals surface area (Å²) in [5, 5.41) is 4.69. The number of ether oxygens (including phenoxy) is 1. The van der Waals surface area contributed by atoms with Gasteiger partial charge in [0.2, 0.25) is 0 Å². The third-order valence-electron chi connectivity index (χ3n) is 3.87. The van der Waals surface area contributed by atoms with Gasteiger partial charge in [0, 0.05) is 11.4 Å². The van der Waals surface area contributed by atoms with Gasteiger partial charge in [0.1, 0.15) is 5.82 Å². The van der Waals surface area contributed by atoms with E-state index < -0.39 is 24.5 Å². The van der Waals surface area contributed by atoms with E-state index in [0.717, 1.165) is 16.7 Å². The van der Waals surface area contributed by atoms with Gasteiger partial charge in [-0.25, -0.2) is 9.18 Å². The van der Waals surface area contributed by atoms with E-state index in [9.17, 15) is 18.8 Å². The predicted octanol–water partition coefficient (Wildman–Crippen LogP) is 3.57. The van der Waals surface area contributed by atoms with Crippen LogP contribution in [0.4, 0.5) is 14.9 Å². The monoisotopic (exact) mass is 404 g/mol. The van der Waals surface area contributed by atoms with E-state index in [1.807, 2.05) is 19.9 Å². The fourth-order valence-corrected chi connectivity index (χ4v) is 3.00. The van der Waals surface area contributed by atoms with Crippen molar-refractivity contribution in [1.29, 1.82) is 0 Å². The number of hydrogen-bond donors (Lipinski definition) is 2. The van der Waals surface area contributed by atoms with Crippen LogP contribution in [0.25, 0.3) is 0 Å². The van der Waals surface area contributed by atoms with Crippen molar-refractivity contribution in [2.45, 2.75) is 19.6 Å². The lowest BCUT2D eigenvalue weighted by atomic mass is 10.1. The number of aryl methyl sites for hydroxylation is 1. The molecule has 148 valence electrons. The SMILES string of the molecule is Cc1cccc(NC(=O)NC(=O)COC(=O)CSCc2ccc(F)cc2)c1C. The Morgan fingerprint density at radius 3 is 2.50 bits per heavy atom. The summed E-state index contributed by atoms with van der Waals surface area (Å²) < 4.78 is 17.7. The van der Waals surface area contributed by atoms with Crippen LogP contribution in [0.2, 0.25) is 0 Å². The molecule has 2 aromatic carbocycles. The first-order chi connectivity index (χ1) is 13.3. The number of carbonyl (C=O) groups excluding carboxylic acids is 3. The first kappa shape index (κ1) is 21.4. The van der Waals surface area contributed by atoms with Crippen molar-refractivity contribution in [2.24, 2.45) is 0 Å². The topological polar surface area (TPSA) is 84.5 Å². The van der Waals surface area contributed by atoms with E-state index >= 15 is 0 Å². The number of thioether (sulfide) groups is 1. The molecule has 0 fully saturated rings. The third-order valence-corrected chi connectivity index (χ3v) is 4.85. The van der Waals surface area contributed by atoms with Gasteiger partial charge < -0.3 is 10.1 Å². The number of esters is 1. The zero-order chi connectivity index (χ0) is 20.5. The van der Waals surface area contributed by atoms with Crippen molar-refractivity contribution in [3.63, 3.8) is 0 Å². The number of benzene rings is 2. The van der Waals surface area contributed by atoms with Crippen molar-refractivity contribution >= 4 is 35.4 Å². The number of anilines is 1. The van der Waals surface area contributed by atoms with E-state index in [-0.39, 0.29) is 11.6 Å². The van der Waals surface area contributed by atoms with Gasteiger partial charge >= 0.3 is 12.0 Å². The second kappa shape index (κ2) is 10.5. The maximum absolute atomic E-state index is 12.8. The molecule has 0 aromatic heterocycles. The second-order valence-electron chi connectivity index (χ2n) is 6.03. The van der Waals surface area contributed by atoms with Crippen molar-refractivity contribution in [3.8, 4) is 0 Å². The molecule has 0 aliphatic carbocycles. The molecular weight excluding hydrogens is 383 g/mol. The Morgan fingerprint density at radius 1 is 1.07 bits per heavy atom. The Bertz CT molecular complexity index is 856. The fourth-order valence-electron chi connectivity index (χ4n) is 2.22. The Kier molecular flexibility index (Phi) is 8.01. The first-order valence-corrected chi connectivity index (χ1v) is 9.65. The summed E-state index contributed by atoms with van der Waals surface area (Å²) >= 11 is 1.28. The van der Waals surface area contributed by atoms with E-state index in [1.54, 1.807) is 24.3 Å². The van der Waals surface area contributed by atoms with Crippen molar-refractivity contribution < 1.29 is 23.5 Å². The molecule has 6 nitrogen and oxygen atoms in total. The van der Waals surface area contributed by atoms with E-state index in [2.05, 4.69) is 10.6 Å². The normalized spacial score (nSPS) is 10.2. The first-order valence-electron chi connectivity index (χ1n) is 8.50. The molecule has 28 heavy (non-hydrogen) atoms. The highest BCUT2D eigenvalue weighted by Crippen LogP contribution is 2.17. The van der Waals surface area contributed by atoms with Crippen molar-refractivity contribution in [1.82, 2.24) is 5.32 Å². The molecule has 3 amide bonds. The highest BCUT2D eigenvalue weighted by Gasteiger charge is 2.12. The minimum atomic E-state index is -0.723. The van der Waals surface area contributed by atoms with Gasteiger partial charge in [-0.3, -0.25) is 14.9 Å². The van der Waals surface area contributed by atoms with Crippen LogP contribution in [0.15, 0.2) is 42.5 Å². The lowest BCUT2D eigenvalue weighted by Crippen LogP contribution is -2.37. The lowest BCUT2D eigenvalue weighted by molar-refractivity contribution is -0.145. The van der Waals surface area contributed by atoms with Crippen molar-refractivity contribution in [3.05, 3.63) is 65.0 Å². The molecular formula is C20H21FN2O4S. The summed E-state index contributed by atoms with van der Waals surface area (Å²) in [6.07, 6.45) is 0. The summed E-state index contributed by atoms with van der Waals surface area (Å²) in [5.41, 5.74) is 3.38. The predicted molar refractivity (Wildman–Crippen MR) is 107 cm³/mol. The van der Waals surface area contributed by atoms with Crippen LogP contribution in [0, 0.1) is 19.7 Å². The molecule has 0 saturated carbocycles. The number of amides is 3.